The predicted octanol–water partition coefficient (Wildman–Crippen LogP) is 3.77. The molecule has 1 N–H and O–H groups in total. The molecule has 1 amide bonds. The number of nitrogens with one attached hydrogen (secondary N) is 1. The Morgan fingerprint density at radius 3 is 3.04 bits per heavy atom. The average molecular weight is 362 g/mol. The van der Waals surface area contributed by atoms with Gasteiger partial charge >= 0.3 is 0 Å². The van der Waals surface area contributed by atoms with Gasteiger partial charge in [-0.05, 0) is 37.6 Å². The van der Waals surface area contributed by atoms with Gasteiger partial charge in [-0.1, -0.05) is 23.6 Å². The molecule has 0 fully saturated rings. The van der Waals surface area contributed by atoms with Crippen LogP contribution in [0.3, 0.4) is 0 Å². The normalized spacial score (nSPS) is 11.9. The summed E-state index contributed by atoms with van der Waals surface area (Å²) in [6.07, 6.45) is 9.52. The standard InChI is InChI=1S/C22H22N2O3/c1-3-11-26-12-5-7-21(25)24-22(17-6-4-10-23-15-17)20-14-18-13-16(2)8-9-19(18)27-20/h1,4,6,8-10,13-15,22H,5,7,11-12H2,2H3,(H,24,25). The third-order valence-corrected chi connectivity index (χ3v) is 4.18. The summed E-state index contributed by atoms with van der Waals surface area (Å²) < 4.78 is 11.2. The van der Waals surface area contributed by atoms with Crippen LogP contribution in [0.5, 0.6) is 0 Å². The number of benzene rings is 1. The van der Waals surface area contributed by atoms with Gasteiger partial charge in [-0.2, -0.15) is 0 Å². The van der Waals surface area contributed by atoms with E-state index in [2.05, 4.69) is 22.3 Å². The van der Waals surface area contributed by atoms with Gasteiger partial charge < -0.3 is 14.5 Å². The lowest BCUT2D eigenvalue weighted by Crippen LogP contribution is -2.29. The Hall–Kier alpha value is -3.10. The molecule has 5 heteroatoms. The third kappa shape index (κ3) is 4.96. The van der Waals surface area contributed by atoms with Gasteiger partial charge in [-0.15, -0.1) is 6.42 Å². The Kier molecular flexibility index (Phi) is 6.24. The molecule has 3 rings (SSSR count). The number of amides is 1. The molecule has 3 aromatic rings. The number of furan rings is 1. The first-order valence-corrected chi connectivity index (χ1v) is 8.88. The van der Waals surface area contributed by atoms with Crippen LogP contribution < -0.4 is 5.32 Å². The van der Waals surface area contributed by atoms with Gasteiger partial charge in [0, 0.05) is 36.4 Å². The van der Waals surface area contributed by atoms with Crippen molar-refractivity contribution >= 4 is 16.9 Å². The second-order valence-electron chi connectivity index (χ2n) is 6.34. The van der Waals surface area contributed by atoms with E-state index in [9.17, 15) is 4.79 Å². The maximum atomic E-state index is 12.4. The summed E-state index contributed by atoms with van der Waals surface area (Å²) in [6, 6.07) is 11.3. The van der Waals surface area contributed by atoms with Crippen LogP contribution in [-0.2, 0) is 9.53 Å². The Morgan fingerprint density at radius 2 is 2.26 bits per heavy atom. The van der Waals surface area contributed by atoms with Crippen LogP contribution in [0.25, 0.3) is 11.0 Å². The molecule has 1 aromatic carbocycles. The van der Waals surface area contributed by atoms with Crippen LogP contribution in [0.4, 0.5) is 0 Å². The number of aryl methyl sites for hydroxylation is 1. The highest BCUT2D eigenvalue weighted by atomic mass is 16.5. The van der Waals surface area contributed by atoms with Crippen LogP contribution in [0.1, 0.15) is 35.8 Å². The van der Waals surface area contributed by atoms with E-state index in [0.717, 1.165) is 22.1 Å². The molecule has 0 aliphatic rings. The van der Waals surface area contributed by atoms with Crippen molar-refractivity contribution in [2.75, 3.05) is 13.2 Å². The molecule has 1 atom stereocenters. The van der Waals surface area contributed by atoms with Crippen molar-refractivity contribution in [3.8, 4) is 12.3 Å². The lowest BCUT2D eigenvalue weighted by atomic mass is 10.1. The number of hydrogen-bond donors (Lipinski definition) is 1. The number of hydrogen-bond acceptors (Lipinski definition) is 4. The molecule has 2 aromatic heterocycles. The number of rotatable bonds is 8. The molecule has 0 spiro atoms. The molecular weight excluding hydrogens is 340 g/mol. The number of ether oxygens (including phenoxy) is 1. The smallest absolute Gasteiger partial charge is 0.220 e. The Labute approximate surface area is 158 Å². The van der Waals surface area contributed by atoms with Crippen molar-refractivity contribution in [3.63, 3.8) is 0 Å². The topological polar surface area (TPSA) is 64.4 Å². The average Bonchev–Trinajstić information content (AvgIpc) is 3.09. The summed E-state index contributed by atoms with van der Waals surface area (Å²) in [5.41, 5.74) is 2.82. The predicted molar refractivity (Wildman–Crippen MR) is 104 cm³/mol. The molecular formula is C22H22N2O3. The minimum Gasteiger partial charge on any atom is -0.459 e. The minimum atomic E-state index is -0.398. The quantitative estimate of drug-likeness (QED) is 0.489. The SMILES string of the molecule is C#CCOCCCC(=O)NC(c1cccnc1)c1cc2cc(C)ccc2o1. The molecule has 1 unspecified atom stereocenters. The highest BCUT2D eigenvalue weighted by molar-refractivity contribution is 5.80. The summed E-state index contributed by atoms with van der Waals surface area (Å²) in [5.74, 6) is 3.01. The van der Waals surface area contributed by atoms with E-state index in [4.69, 9.17) is 15.6 Å². The Morgan fingerprint density at radius 1 is 1.37 bits per heavy atom. The molecule has 0 radical (unpaired) electrons. The van der Waals surface area contributed by atoms with Crippen molar-refractivity contribution in [1.29, 1.82) is 0 Å². The zero-order chi connectivity index (χ0) is 19.1. The van der Waals surface area contributed by atoms with Crippen LogP contribution in [0.2, 0.25) is 0 Å². The van der Waals surface area contributed by atoms with E-state index in [1.54, 1.807) is 12.4 Å². The fourth-order valence-electron chi connectivity index (χ4n) is 2.89. The van der Waals surface area contributed by atoms with Gasteiger partial charge in [0.05, 0.1) is 0 Å². The first kappa shape index (κ1) is 18.7. The van der Waals surface area contributed by atoms with Gasteiger partial charge in [-0.3, -0.25) is 9.78 Å². The highest BCUT2D eigenvalue weighted by Gasteiger charge is 2.21. The fourth-order valence-corrected chi connectivity index (χ4v) is 2.89. The van der Waals surface area contributed by atoms with Gasteiger partial charge in [-0.25, -0.2) is 0 Å². The van der Waals surface area contributed by atoms with Crippen LogP contribution in [-0.4, -0.2) is 24.1 Å². The van der Waals surface area contributed by atoms with Gasteiger partial charge in [0.1, 0.15) is 24.0 Å². The van der Waals surface area contributed by atoms with E-state index >= 15 is 0 Å². The molecule has 27 heavy (non-hydrogen) atoms. The van der Waals surface area contributed by atoms with Crippen molar-refractivity contribution in [3.05, 3.63) is 65.7 Å². The zero-order valence-corrected chi connectivity index (χ0v) is 15.3. The minimum absolute atomic E-state index is 0.0789. The van der Waals surface area contributed by atoms with E-state index < -0.39 is 6.04 Å². The first-order chi connectivity index (χ1) is 13.2. The zero-order valence-electron chi connectivity index (χ0n) is 15.3. The van der Waals surface area contributed by atoms with Crippen molar-refractivity contribution in [2.45, 2.75) is 25.8 Å². The van der Waals surface area contributed by atoms with E-state index in [1.807, 2.05) is 37.3 Å². The van der Waals surface area contributed by atoms with Crippen LogP contribution in [0, 0.1) is 19.3 Å². The van der Waals surface area contributed by atoms with Crippen molar-refractivity contribution in [2.24, 2.45) is 0 Å². The number of terminal acetylenes is 1. The van der Waals surface area contributed by atoms with Crippen LogP contribution >= 0.6 is 0 Å². The van der Waals surface area contributed by atoms with Gasteiger partial charge in [0.2, 0.25) is 5.91 Å². The summed E-state index contributed by atoms with van der Waals surface area (Å²) >= 11 is 0. The molecule has 0 aliphatic heterocycles. The second-order valence-corrected chi connectivity index (χ2v) is 6.34. The lowest BCUT2D eigenvalue weighted by Gasteiger charge is -2.16. The van der Waals surface area contributed by atoms with Crippen molar-refractivity contribution < 1.29 is 13.9 Å². The molecule has 0 saturated carbocycles. The number of nitrogens with zero attached hydrogens (tertiary/aromatic N) is 1. The summed E-state index contributed by atoms with van der Waals surface area (Å²) in [7, 11) is 0. The summed E-state index contributed by atoms with van der Waals surface area (Å²) in [6.45, 7) is 2.76. The molecule has 138 valence electrons. The summed E-state index contributed by atoms with van der Waals surface area (Å²) in [5, 5.41) is 4.06. The number of carbonyl (C=O) groups is 1. The third-order valence-electron chi connectivity index (χ3n) is 4.18. The second kappa shape index (κ2) is 9.02. The monoisotopic (exact) mass is 362 g/mol. The lowest BCUT2D eigenvalue weighted by molar-refractivity contribution is -0.122. The fraction of sp³-hybridized carbons (Fsp3) is 0.273. The Balaban J connectivity index is 1.77. The molecule has 0 bridgehead atoms. The molecule has 5 nitrogen and oxygen atoms in total. The highest BCUT2D eigenvalue weighted by Crippen LogP contribution is 2.28. The maximum absolute atomic E-state index is 12.4. The number of carbonyl (C=O) groups excluding carboxylic acids is 1. The van der Waals surface area contributed by atoms with Crippen molar-refractivity contribution in [1.82, 2.24) is 10.3 Å². The number of pyridine rings is 1. The first-order valence-electron chi connectivity index (χ1n) is 8.88. The molecule has 0 saturated heterocycles. The summed E-state index contributed by atoms with van der Waals surface area (Å²) in [4.78, 5) is 16.6. The molecule has 0 aliphatic carbocycles. The largest absolute Gasteiger partial charge is 0.459 e. The molecule has 2 heterocycles. The maximum Gasteiger partial charge on any atom is 0.220 e. The van der Waals surface area contributed by atoms with E-state index in [0.29, 0.717) is 25.2 Å². The van der Waals surface area contributed by atoms with E-state index in [1.165, 1.54) is 0 Å². The van der Waals surface area contributed by atoms with Gasteiger partial charge in [0.25, 0.3) is 0 Å². The van der Waals surface area contributed by atoms with E-state index in [-0.39, 0.29) is 12.5 Å². The Bertz CT molecular complexity index is 941. The number of fused-ring (bicyclic) bond motifs is 1. The van der Waals surface area contributed by atoms with Gasteiger partial charge in [0.15, 0.2) is 0 Å². The van der Waals surface area contributed by atoms with Crippen LogP contribution in [0.15, 0.2) is 53.2 Å². The number of aromatic nitrogens is 1.